The Kier molecular flexibility index (Phi) is 5.44. The number of hydrogen-bond donors (Lipinski definition) is 1. The van der Waals surface area contributed by atoms with Crippen LogP contribution in [0.4, 0.5) is 0 Å². The summed E-state index contributed by atoms with van der Waals surface area (Å²) in [5.74, 6) is -0.655. The number of aliphatic carboxylic acids is 1. The molecule has 2 aliphatic rings. The van der Waals surface area contributed by atoms with E-state index in [1.165, 1.54) is 19.3 Å². The quantitative estimate of drug-likeness (QED) is 0.842. The van der Waals surface area contributed by atoms with Crippen molar-refractivity contribution in [1.82, 2.24) is 4.90 Å². The first-order valence-corrected chi connectivity index (χ1v) is 8.05. The van der Waals surface area contributed by atoms with Crippen molar-refractivity contribution in [2.75, 3.05) is 14.2 Å². The monoisotopic (exact) mass is 283 g/mol. The summed E-state index contributed by atoms with van der Waals surface area (Å²) in [5.41, 5.74) is -0.121. The van der Waals surface area contributed by atoms with Crippen LogP contribution in [0.5, 0.6) is 0 Å². The molecule has 0 aromatic rings. The maximum atomic E-state index is 11.3. The fraction of sp³-hybridized carbons (Fsp3) is 0.938. The summed E-state index contributed by atoms with van der Waals surface area (Å²) in [7, 11) is 3.94. The lowest BCUT2D eigenvalue weighted by atomic mass is 9.76. The van der Waals surface area contributed by atoms with E-state index in [2.05, 4.69) is 11.9 Å². The summed E-state index contributed by atoms with van der Waals surface area (Å²) < 4.78 is 5.53. The lowest BCUT2D eigenvalue weighted by molar-refractivity contribution is -0.142. The highest BCUT2D eigenvalue weighted by atomic mass is 16.5. The van der Waals surface area contributed by atoms with Crippen LogP contribution in [0.2, 0.25) is 0 Å². The molecule has 20 heavy (non-hydrogen) atoms. The zero-order valence-corrected chi connectivity index (χ0v) is 12.9. The highest BCUT2D eigenvalue weighted by Crippen LogP contribution is 2.39. The van der Waals surface area contributed by atoms with Gasteiger partial charge in [-0.25, -0.2) is 0 Å². The smallest absolute Gasteiger partial charge is 0.305 e. The molecule has 0 aromatic heterocycles. The lowest BCUT2D eigenvalue weighted by Crippen LogP contribution is -2.55. The molecule has 0 aliphatic heterocycles. The number of rotatable bonds is 5. The standard InChI is InChI=1S/C16H29NO3/c1-17(13-7-6-8-14(11-13)20-2)16(12-15(18)19)9-4-3-5-10-16/h13-14H,3-12H2,1-2H3,(H,18,19). The van der Waals surface area contributed by atoms with Gasteiger partial charge in [-0.05, 0) is 45.6 Å². The zero-order chi connectivity index (χ0) is 14.6. The number of carboxylic acids is 1. The first-order chi connectivity index (χ1) is 9.57. The maximum absolute atomic E-state index is 11.3. The topological polar surface area (TPSA) is 49.8 Å². The van der Waals surface area contributed by atoms with Gasteiger partial charge in [-0.1, -0.05) is 19.3 Å². The van der Waals surface area contributed by atoms with Crippen molar-refractivity contribution in [3.05, 3.63) is 0 Å². The Morgan fingerprint density at radius 3 is 2.55 bits per heavy atom. The van der Waals surface area contributed by atoms with Gasteiger partial charge in [0.1, 0.15) is 0 Å². The Labute approximate surface area is 122 Å². The molecule has 0 radical (unpaired) electrons. The van der Waals surface area contributed by atoms with Crippen molar-refractivity contribution < 1.29 is 14.6 Å². The number of hydrogen-bond acceptors (Lipinski definition) is 3. The van der Waals surface area contributed by atoms with Gasteiger partial charge in [-0.3, -0.25) is 9.69 Å². The van der Waals surface area contributed by atoms with Crippen molar-refractivity contribution >= 4 is 5.97 Å². The third-order valence-electron chi connectivity index (χ3n) is 5.49. The number of carbonyl (C=O) groups is 1. The van der Waals surface area contributed by atoms with Gasteiger partial charge in [0.2, 0.25) is 0 Å². The van der Waals surface area contributed by atoms with E-state index in [1.807, 2.05) is 0 Å². The molecule has 2 unspecified atom stereocenters. The van der Waals surface area contributed by atoms with Crippen LogP contribution in [0.3, 0.4) is 0 Å². The molecule has 0 amide bonds. The van der Waals surface area contributed by atoms with Gasteiger partial charge in [0.15, 0.2) is 0 Å². The minimum atomic E-state index is -0.655. The molecule has 4 nitrogen and oxygen atoms in total. The van der Waals surface area contributed by atoms with Crippen molar-refractivity contribution in [2.24, 2.45) is 0 Å². The molecule has 2 fully saturated rings. The van der Waals surface area contributed by atoms with E-state index in [4.69, 9.17) is 4.74 Å². The molecule has 4 heteroatoms. The minimum absolute atomic E-state index is 0.121. The Bertz CT molecular complexity index is 326. The molecule has 0 spiro atoms. The normalized spacial score (nSPS) is 30.4. The van der Waals surface area contributed by atoms with E-state index < -0.39 is 5.97 Å². The SMILES string of the molecule is COC1CCCC(N(C)C2(CC(=O)O)CCCCC2)C1. The molecule has 2 atom stereocenters. The molecular weight excluding hydrogens is 254 g/mol. The molecule has 0 aromatic carbocycles. The molecule has 2 aliphatic carbocycles. The van der Waals surface area contributed by atoms with Gasteiger partial charge >= 0.3 is 5.97 Å². The number of nitrogens with zero attached hydrogens (tertiary/aromatic N) is 1. The van der Waals surface area contributed by atoms with E-state index in [1.54, 1.807) is 7.11 Å². The first kappa shape index (κ1) is 15.8. The zero-order valence-electron chi connectivity index (χ0n) is 12.9. The van der Waals surface area contributed by atoms with Crippen molar-refractivity contribution in [3.8, 4) is 0 Å². The van der Waals surface area contributed by atoms with Gasteiger partial charge in [0.05, 0.1) is 12.5 Å². The summed E-state index contributed by atoms with van der Waals surface area (Å²) >= 11 is 0. The molecule has 0 heterocycles. The average molecular weight is 283 g/mol. The number of methoxy groups -OCH3 is 1. The fourth-order valence-corrected chi connectivity index (χ4v) is 4.22. The summed E-state index contributed by atoms with van der Waals surface area (Å²) in [6, 6.07) is 0.478. The molecule has 2 rings (SSSR count). The maximum Gasteiger partial charge on any atom is 0.305 e. The van der Waals surface area contributed by atoms with Crippen LogP contribution in [0.15, 0.2) is 0 Å². The first-order valence-electron chi connectivity index (χ1n) is 8.05. The molecule has 1 N–H and O–H groups in total. The molecule has 116 valence electrons. The second kappa shape index (κ2) is 6.90. The Morgan fingerprint density at radius 2 is 1.95 bits per heavy atom. The minimum Gasteiger partial charge on any atom is -0.481 e. The van der Waals surface area contributed by atoms with Crippen LogP contribution >= 0.6 is 0 Å². The predicted octanol–water partition coefficient (Wildman–Crippen LogP) is 3.05. The third kappa shape index (κ3) is 3.53. The van der Waals surface area contributed by atoms with E-state index in [-0.39, 0.29) is 12.0 Å². The predicted molar refractivity (Wildman–Crippen MR) is 78.9 cm³/mol. The lowest BCUT2D eigenvalue weighted by Gasteiger charge is -2.49. The van der Waals surface area contributed by atoms with E-state index in [9.17, 15) is 9.90 Å². The summed E-state index contributed by atoms with van der Waals surface area (Å²) in [5, 5.41) is 9.32. The van der Waals surface area contributed by atoms with E-state index >= 15 is 0 Å². The van der Waals surface area contributed by atoms with Gasteiger partial charge in [-0.2, -0.15) is 0 Å². The van der Waals surface area contributed by atoms with Crippen LogP contribution < -0.4 is 0 Å². The second-order valence-electron chi connectivity index (χ2n) is 6.64. The van der Waals surface area contributed by atoms with Crippen molar-refractivity contribution in [3.63, 3.8) is 0 Å². The average Bonchev–Trinajstić information content (AvgIpc) is 2.46. The fourth-order valence-electron chi connectivity index (χ4n) is 4.22. The molecule has 0 saturated heterocycles. The van der Waals surface area contributed by atoms with E-state index in [0.29, 0.717) is 12.1 Å². The van der Waals surface area contributed by atoms with Gasteiger partial charge in [0, 0.05) is 18.7 Å². The van der Waals surface area contributed by atoms with Gasteiger partial charge in [-0.15, -0.1) is 0 Å². The van der Waals surface area contributed by atoms with Crippen LogP contribution in [0.25, 0.3) is 0 Å². The van der Waals surface area contributed by atoms with Crippen LogP contribution in [-0.4, -0.2) is 47.8 Å². The highest BCUT2D eigenvalue weighted by Gasteiger charge is 2.41. The van der Waals surface area contributed by atoms with E-state index in [0.717, 1.165) is 38.5 Å². The van der Waals surface area contributed by atoms with Crippen LogP contribution in [0.1, 0.15) is 64.2 Å². The van der Waals surface area contributed by atoms with Crippen LogP contribution in [0, 0.1) is 0 Å². The number of ether oxygens (including phenoxy) is 1. The van der Waals surface area contributed by atoms with Crippen molar-refractivity contribution in [2.45, 2.75) is 81.9 Å². The Hall–Kier alpha value is -0.610. The molecule has 0 bridgehead atoms. The second-order valence-corrected chi connectivity index (χ2v) is 6.64. The van der Waals surface area contributed by atoms with Crippen molar-refractivity contribution in [1.29, 1.82) is 0 Å². The third-order valence-corrected chi connectivity index (χ3v) is 5.49. The Balaban J connectivity index is 2.08. The summed E-state index contributed by atoms with van der Waals surface area (Å²) in [6.45, 7) is 0. The van der Waals surface area contributed by atoms with Crippen LogP contribution in [-0.2, 0) is 9.53 Å². The highest BCUT2D eigenvalue weighted by molar-refractivity contribution is 5.68. The van der Waals surface area contributed by atoms with Gasteiger partial charge < -0.3 is 9.84 Å². The molecule has 2 saturated carbocycles. The summed E-state index contributed by atoms with van der Waals surface area (Å²) in [6.07, 6.45) is 10.8. The van der Waals surface area contributed by atoms with Gasteiger partial charge in [0.25, 0.3) is 0 Å². The summed E-state index contributed by atoms with van der Waals surface area (Å²) in [4.78, 5) is 13.7. The Morgan fingerprint density at radius 1 is 1.25 bits per heavy atom. The largest absolute Gasteiger partial charge is 0.481 e. The molecular formula is C16H29NO3. The number of carboxylic acid groups (broad SMARTS) is 1.